The Morgan fingerprint density at radius 3 is 2.93 bits per heavy atom. The van der Waals surface area contributed by atoms with Gasteiger partial charge in [0.1, 0.15) is 6.29 Å². The van der Waals surface area contributed by atoms with Gasteiger partial charge in [-0.3, -0.25) is 4.79 Å². The maximum atomic E-state index is 11.5. The molecule has 1 saturated heterocycles. The van der Waals surface area contributed by atoms with Crippen LogP contribution in [-0.4, -0.2) is 30.2 Å². The van der Waals surface area contributed by atoms with Crippen LogP contribution in [0.3, 0.4) is 0 Å². The minimum absolute atomic E-state index is 0.149. The Bertz CT molecular complexity index is 203. The van der Waals surface area contributed by atoms with Crippen LogP contribution in [0, 0.1) is 5.92 Å². The van der Waals surface area contributed by atoms with Crippen molar-refractivity contribution in [3.63, 3.8) is 0 Å². The van der Waals surface area contributed by atoms with E-state index in [1.165, 1.54) is 12.8 Å². The minimum atomic E-state index is 0.149. The summed E-state index contributed by atoms with van der Waals surface area (Å²) in [5.74, 6) is 0.830. The van der Waals surface area contributed by atoms with Crippen molar-refractivity contribution in [1.82, 2.24) is 4.90 Å². The fraction of sp³-hybridized carbons (Fsp3) is 0.818. The molecule has 0 saturated carbocycles. The molecule has 1 aliphatic heterocycles. The molecule has 3 heteroatoms. The van der Waals surface area contributed by atoms with Gasteiger partial charge < -0.3 is 9.69 Å². The normalized spacial score (nSPS) is 23.4. The van der Waals surface area contributed by atoms with E-state index in [-0.39, 0.29) is 12.5 Å². The summed E-state index contributed by atoms with van der Waals surface area (Å²) < 4.78 is 0. The quantitative estimate of drug-likeness (QED) is 0.642. The molecule has 1 heterocycles. The number of carbonyl (C=O) groups is 2. The summed E-state index contributed by atoms with van der Waals surface area (Å²) >= 11 is 0. The summed E-state index contributed by atoms with van der Waals surface area (Å²) in [6.45, 7) is 3.22. The van der Waals surface area contributed by atoms with Crippen molar-refractivity contribution >= 4 is 12.2 Å². The summed E-state index contributed by atoms with van der Waals surface area (Å²) in [5, 5.41) is 0. The Kier molecular flexibility index (Phi) is 4.63. The van der Waals surface area contributed by atoms with Crippen LogP contribution in [0.4, 0.5) is 0 Å². The zero-order valence-corrected chi connectivity index (χ0v) is 8.87. The van der Waals surface area contributed by atoms with Crippen LogP contribution >= 0.6 is 0 Å². The molecule has 1 unspecified atom stereocenters. The van der Waals surface area contributed by atoms with Crippen molar-refractivity contribution in [2.24, 2.45) is 5.92 Å². The highest BCUT2D eigenvalue weighted by molar-refractivity contribution is 5.78. The third kappa shape index (κ3) is 3.13. The Morgan fingerprint density at radius 2 is 2.29 bits per heavy atom. The highest BCUT2D eigenvalue weighted by atomic mass is 16.2. The van der Waals surface area contributed by atoms with E-state index in [0.717, 1.165) is 25.7 Å². The Hall–Kier alpha value is -0.860. The standard InChI is InChI=1S/C11H19NO2/c1-2-3-10-4-5-11(14)12(7-6-10)8-9-13/h9-10H,2-8H2,1H3. The van der Waals surface area contributed by atoms with Gasteiger partial charge in [0.15, 0.2) is 0 Å². The summed E-state index contributed by atoms with van der Waals surface area (Å²) in [7, 11) is 0. The average molecular weight is 197 g/mol. The molecule has 0 aromatic rings. The van der Waals surface area contributed by atoms with E-state index in [1.807, 2.05) is 0 Å². The molecule has 0 aromatic carbocycles. The van der Waals surface area contributed by atoms with Crippen molar-refractivity contribution in [3.05, 3.63) is 0 Å². The maximum absolute atomic E-state index is 11.5. The number of nitrogens with zero attached hydrogens (tertiary/aromatic N) is 1. The molecule has 0 bridgehead atoms. The van der Waals surface area contributed by atoms with Gasteiger partial charge in [0.2, 0.25) is 5.91 Å². The van der Waals surface area contributed by atoms with Gasteiger partial charge in [-0.1, -0.05) is 19.8 Å². The summed E-state index contributed by atoms with van der Waals surface area (Å²) in [5.41, 5.74) is 0. The van der Waals surface area contributed by atoms with Gasteiger partial charge in [0.05, 0.1) is 6.54 Å². The van der Waals surface area contributed by atoms with Crippen LogP contribution in [0.15, 0.2) is 0 Å². The monoisotopic (exact) mass is 197 g/mol. The van der Waals surface area contributed by atoms with Crippen LogP contribution < -0.4 is 0 Å². The minimum Gasteiger partial charge on any atom is -0.336 e. The number of carbonyl (C=O) groups excluding carboxylic acids is 2. The third-order valence-corrected chi connectivity index (χ3v) is 2.92. The first-order chi connectivity index (χ1) is 6.77. The average Bonchev–Trinajstić information content (AvgIpc) is 2.34. The second-order valence-corrected chi connectivity index (χ2v) is 3.99. The number of aldehydes is 1. The van der Waals surface area contributed by atoms with E-state index in [4.69, 9.17) is 0 Å². The lowest BCUT2D eigenvalue weighted by Crippen LogP contribution is -2.31. The van der Waals surface area contributed by atoms with Gasteiger partial charge in [0, 0.05) is 13.0 Å². The lowest BCUT2D eigenvalue weighted by Gasteiger charge is -2.17. The Balaban J connectivity index is 2.44. The number of hydrogen-bond donors (Lipinski definition) is 0. The second-order valence-electron chi connectivity index (χ2n) is 3.99. The van der Waals surface area contributed by atoms with Gasteiger partial charge in [-0.2, -0.15) is 0 Å². The topological polar surface area (TPSA) is 37.4 Å². The molecule has 1 atom stereocenters. The molecular formula is C11H19NO2. The Labute approximate surface area is 85.5 Å². The van der Waals surface area contributed by atoms with Crippen molar-refractivity contribution < 1.29 is 9.59 Å². The van der Waals surface area contributed by atoms with Gasteiger partial charge in [-0.15, -0.1) is 0 Å². The molecule has 14 heavy (non-hydrogen) atoms. The predicted octanol–water partition coefficient (Wildman–Crippen LogP) is 1.61. The molecular weight excluding hydrogens is 178 g/mol. The molecule has 0 aliphatic carbocycles. The van der Waals surface area contributed by atoms with E-state index < -0.39 is 0 Å². The molecule has 0 radical (unpaired) electrons. The van der Waals surface area contributed by atoms with Crippen molar-refractivity contribution in [2.75, 3.05) is 13.1 Å². The van der Waals surface area contributed by atoms with Crippen molar-refractivity contribution in [1.29, 1.82) is 0 Å². The summed E-state index contributed by atoms with van der Waals surface area (Å²) in [6.07, 6.45) is 5.90. The van der Waals surface area contributed by atoms with E-state index in [1.54, 1.807) is 4.90 Å². The van der Waals surface area contributed by atoms with Crippen molar-refractivity contribution in [2.45, 2.75) is 39.0 Å². The fourth-order valence-electron chi connectivity index (χ4n) is 2.07. The molecule has 1 rings (SSSR count). The fourth-order valence-corrected chi connectivity index (χ4v) is 2.07. The number of rotatable bonds is 4. The van der Waals surface area contributed by atoms with Crippen LogP contribution in [0.1, 0.15) is 39.0 Å². The van der Waals surface area contributed by atoms with E-state index in [2.05, 4.69) is 6.92 Å². The molecule has 1 fully saturated rings. The Morgan fingerprint density at radius 1 is 1.50 bits per heavy atom. The first-order valence-corrected chi connectivity index (χ1v) is 5.49. The maximum Gasteiger partial charge on any atom is 0.222 e. The largest absolute Gasteiger partial charge is 0.336 e. The van der Waals surface area contributed by atoms with Crippen LogP contribution in [0.25, 0.3) is 0 Å². The molecule has 1 aliphatic rings. The number of hydrogen-bond acceptors (Lipinski definition) is 2. The van der Waals surface area contributed by atoms with E-state index in [9.17, 15) is 9.59 Å². The van der Waals surface area contributed by atoms with E-state index in [0.29, 0.717) is 12.3 Å². The highest BCUT2D eigenvalue weighted by Gasteiger charge is 2.21. The molecule has 3 nitrogen and oxygen atoms in total. The molecule has 0 N–H and O–H groups in total. The first-order valence-electron chi connectivity index (χ1n) is 5.49. The zero-order chi connectivity index (χ0) is 10.4. The smallest absolute Gasteiger partial charge is 0.222 e. The highest BCUT2D eigenvalue weighted by Crippen LogP contribution is 2.22. The zero-order valence-electron chi connectivity index (χ0n) is 8.87. The van der Waals surface area contributed by atoms with E-state index >= 15 is 0 Å². The molecule has 1 amide bonds. The van der Waals surface area contributed by atoms with Gasteiger partial charge >= 0.3 is 0 Å². The third-order valence-electron chi connectivity index (χ3n) is 2.92. The second kappa shape index (κ2) is 5.78. The molecule has 80 valence electrons. The first kappa shape index (κ1) is 11.2. The summed E-state index contributed by atoms with van der Waals surface area (Å²) in [6, 6.07) is 0. The predicted molar refractivity (Wildman–Crippen MR) is 54.9 cm³/mol. The van der Waals surface area contributed by atoms with Crippen LogP contribution in [0.5, 0.6) is 0 Å². The van der Waals surface area contributed by atoms with Crippen molar-refractivity contribution in [3.8, 4) is 0 Å². The summed E-state index contributed by atoms with van der Waals surface area (Å²) in [4.78, 5) is 23.5. The van der Waals surface area contributed by atoms with Gasteiger partial charge in [0.25, 0.3) is 0 Å². The van der Waals surface area contributed by atoms with Crippen LogP contribution in [-0.2, 0) is 9.59 Å². The lowest BCUT2D eigenvalue weighted by molar-refractivity contribution is -0.132. The number of amides is 1. The molecule has 0 spiro atoms. The SMILES string of the molecule is CCCC1CCC(=O)N(CC=O)CC1. The van der Waals surface area contributed by atoms with Gasteiger partial charge in [-0.05, 0) is 18.8 Å². The van der Waals surface area contributed by atoms with Gasteiger partial charge in [-0.25, -0.2) is 0 Å². The number of likely N-dealkylation sites (tertiary alicyclic amines) is 1. The van der Waals surface area contributed by atoms with Crippen LogP contribution in [0.2, 0.25) is 0 Å². The molecule has 0 aromatic heterocycles. The lowest BCUT2D eigenvalue weighted by atomic mass is 9.96.